The van der Waals surface area contributed by atoms with Crippen molar-refractivity contribution in [3.8, 4) is 11.5 Å². The lowest BCUT2D eigenvalue weighted by molar-refractivity contribution is -0.114. The molecule has 18 heavy (non-hydrogen) atoms. The molecule has 1 aromatic carbocycles. The smallest absolute Gasteiger partial charge is 0.360 e. The highest BCUT2D eigenvalue weighted by atomic mass is 16.4. The van der Waals surface area contributed by atoms with Crippen LogP contribution in [0.1, 0.15) is 17.4 Å². The van der Waals surface area contributed by atoms with Crippen LogP contribution in [0.4, 0.5) is 5.88 Å². The molecule has 0 saturated carbocycles. The Labute approximate surface area is 102 Å². The lowest BCUT2D eigenvalue weighted by Crippen LogP contribution is -2.09. The molecule has 1 amide bonds. The minimum atomic E-state index is -1.26. The van der Waals surface area contributed by atoms with Gasteiger partial charge in [-0.3, -0.25) is 10.1 Å². The Hall–Kier alpha value is -2.63. The third-order valence-corrected chi connectivity index (χ3v) is 2.14. The molecule has 2 aromatic rings. The molecule has 0 fully saturated rings. The van der Waals surface area contributed by atoms with Gasteiger partial charge in [-0.05, 0) is 12.1 Å². The van der Waals surface area contributed by atoms with Crippen molar-refractivity contribution in [3.63, 3.8) is 0 Å². The van der Waals surface area contributed by atoms with Crippen molar-refractivity contribution in [1.29, 1.82) is 0 Å². The molecule has 0 aliphatic carbocycles. The van der Waals surface area contributed by atoms with Gasteiger partial charge in [0, 0.05) is 12.5 Å². The lowest BCUT2D eigenvalue weighted by Gasteiger charge is -1.96. The van der Waals surface area contributed by atoms with Gasteiger partial charge in [-0.15, -0.1) is 0 Å². The van der Waals surface area contributed by atoms with Crippen LogP contribution in [0.15, 0.2) is 34.7 Å². The number of rotatable bonds is 3. The lowest BCUT2D eigenvalue weighted by atomic mass is 10.2. The van der Waals surface area contributed by atoms with Crippen molar-refractivity contribution >= 4 is 17.8 Å². The van der Waals surface area contributed by atoms with E-state index in [1.165, 1.54) is 6.92 Å². The summed E-state index contributed by atoms with van der Waals surface area (Å²) in [4.78, 5) is 25.8. The van der Waals surface area contributed by atoms with E-state index in [1.807, 2.05) is 6.07 Å². The fourth-order valence-corrected chi connectivity index (χ4v) is 1.41. The first-order valence-electron chi connectivity index (χ1n) is 5.15. The van der Waals surface area contributed by atoms with Crippen LogP contribution in [0.2, 0.25) is 0 Å². The van der Waals surface area contributed by atoms with E-state index in [4.69, 9.17) is 9.52 Å². The summed E-state index contributed by atoms with van der Waals surface area (Å²) < 4.78 is 5.25. The third kappa shape index (κ3) is 2.37. The van der Waals surface area contributed by atoms with Gasteiger partial charge in [0.1, 0.15) is 0 Å². The standard InChI is InChI=1S/C12H10N2O4/c1-7(15)13-11-9(12(16)17)14-10(18-11)8-5-3-2-4-6-8/h2-6H,1H3,(H,13,15)(H,16,17). The van der Waals surface area contributed by atoms with Gasteiger partial charge >= 0.3 is 5.97 Å². The first-order chi connectivity index (χ1) is 8.58. The molecule has 6 heteroatoms. The molecule has 0 radical (unpaired) electrons. The third-order valence-electron chi connectivity index (χ3n) is 2.14. The number of oxazole rings is 1. The number of aromatic nitrogens is 1. The normalized spacial score (nSPS) is 10.1. The quantitative estimate of drug-likeness (QED) is 0.863. The summed E-state index contributed by atoms with van der Waals surface area (Å²) in [5.41, 5.74) is 0.320. The second-order valence-electron chi connectivity index (χ2n) is 3.55. The highest BCUT2D eigenvalue weighted by Crippen LogP contribution is 2.25. The monoisotopic (exact) mass is 246 g/mol. The molecule has 0 aliphatic rings. The maximum Gasteiger partial charge on any atom is 0.360 e. The number of benzene rings is 1. The fraction of sp³-hybridized carbons (Fsp3) is 0.0833. The predicted molar refractivity (Wildman–Crippen MR) is 63.2 cm³/mol. The van der Waals surface area contributed by atoms with Crippen LogP contribution in [0.5, 0.6) is 0 Å². The molecular formula is C12H10N2O4. The van der Waals surface area contributed by atoms with E-state index in [-0.39, 0.29) is 17.5 Å². The van der Waals surface area contributed by atoms with Crippen LogP contribution < -0.4 is 5.32 Å². The SMILES string of the molecule is CC(=O)Nc1oc(-c2ccccc2)nc1C(=O)O. The largest absolute Gasteiger partial charge is 0.476 e. The van der Waals surface area contributed by atoms with Gasteiger partial charge in [-0.2, -0.15) is 4.98 Å². The van der Waals surface area contributed by atoms with Gasteiger partial charge in [0.15, 0.2) is 0 Å². The molecule has 0 atom stereocenters. The summed E-state index contributed by atoms with van der Waals surface area (Å²) >= 11 is 0. The molecule has 92 valence electrons. The zero-order valence-electron chi connectivity index (χ0n) is 9.51. The molecule has 0 unspecified atom stereocenters. The number of carbonyl (C=O) groups is 2. The Morgan fingerprint density at radius 1 is 1.28 bits per heavy atom. The van der Waals surface area contributed by atoms with Crippen molar-refractivity contribution in [3.05, 3.63) is 36.0 Å². The Morgan fingerprint density at radius 2 is 1.94 bits per heavy atom. The molecule has 0 aliphatic heterocycles. The molecule has 6 nitrogen and oxygen atoms in total. The Kier molecular flexibility index (Phi) is 3.09. The van der Waals surface area contributed by atoms with E-state index in [0.29, 0.717) is 5.56 Å². The number of carbonyl (C=O) groups excluding carboxylic acids is 1. The molecule has 0 bridgehead atoms. The highest BCUT2D eigenvalue weighted by Gasteiger charge is 2.20. The number of aromatic carboxylic acids is 1. The van der Waals surface area contributed by atoms with Crippen molar-refractivity contribution in [2.24, 2.45) is 0 Å². The zero-order valence-corrected chi connectivity index (χ0v) is 9.51. The molecule has 0 saturated heterocycles. The van der Waals surface area contributed by atoms with Crippen LogP contribution in [-0.4, -0.2) is 22.0 Å². The average Bonchev–Trinajstić information content (AvgIpc) is 2.73. The summed E-state index contributed by atoms with van der Waals surface area (Å²) in [5, 5.41) is 11.3. The Balaban J connectivity index is 2.45. The van der Waals surface area contributed by atoms with Crippen LogP contribution >= 0.6 is 0 Å². The molecule has 2 rings (SSSR count). The molecule has 0 spiro atoms. The number of hydrogen-bond donors (Lipinski definition) is 2. The second kappa shape index (κ2) is 4.70. The van der Waals surface area contributed by atoms with E-state index < -0.39 is 11.9 Å². The topological polar surface area (TPSA) is 92.4 Å². The second-order valence-corrected chi connectivity index (χ2v) is 3.55. The summed E-state index contributed by atoms with van der Waals surface area (Å²) in [6.07, 6.45) is 0. The molecule has 1 aromatic heterocycles. The van der Waals surface area contributed by atoms with Crippen molar-refractivity contribution in [2.45, 2.75) is 6.92 Å². The minimum Gasteiger partial charge on any atom is -0.476 e. The van der Waals surface area contributed by atoms with Crippen LogP contribution in [0, 0.1) is 0 Å². The van der Waals surface area contributed by atoms with E-state index in [2.05, 4.69) is 10.3 Å². The van der Waals surface area contributed by atoms with E-state index >= 15 is 0 Å². The van der Waals surface area contributed by atoms with Gasteiger partial charge in [-0.1, -0.05) is 18.2 Å². The van der Waals surface area contributed by atoms with Crippen LogP contribution in [0.3, 0.4) is 0 Å². The predicted octanol–water partition coefficient (Wildman–Crippen LogP) is 2.00. The summed E-state index contributed by atoms with van der Waals surface area (Å²) in [5.74, 6) is -1.69. The van der Waals surface area contributed by atoms with E-state index in [9.17, 15) is 9.59 Å². The summed E-state index contributed by atoms with van der Waals surface area (Å²) in [6, 6.07) is 8.83. The number of carboxylic acid groups (broad SMARTS) is 1. The number of hydrogen-bond acceptors (Lipinski definition) is 4. The Bertz CT molecular complexity index is 589. The number of nitrogens with zero attached hydrogens (tertiary/aromatic N) is 1. The van der Waals surface area contributed by atoms with Gasteiger partial charge < -0.3 is 9.52 Å². The van der Waals surface area contributed by atoms with Crippen LogP contribution in [-0.2, 0) is 4.79 Å². The number of amides is 1. The molecule has 2 N–H and O–H groups in total. The van der Waals surface area contributed by atoms with Gasteiger partial charge in [0.2, 0.25) is 23.4 Å². The number of nitrogens with one attached hydrogen (secondary N) is 1. The van der Waals surface area contributed by atoms with E-state index in [1.54, 1.807) is 24.3 Å². The van der Waals surface area contributed by atoms with Crippen molar-refractivity contribution in [2.75, 3.05) is 5.32 Å². The number of carboxylic acids is 1. The van der Waals surface area contributed by atoms with Crippen molar-refractivity contribution < 1.29 is 19.1 Å². The van der Waals surface area contributed by atoms with Gasteiger partial charge in [0.05, 0.1) is 0 Å². The number of anilines is 1. The molecular weight excluding hydrogens is 236 g/mol. The van der Waals surface area contributed by atoms with Gasteiger partial charge in [0.25, 0.3) is 0 Å². The first-order valence-corrected chi connectivity index (χ1v) is 5.15. The maximum absolute atomic E-state index is 11.0. The Morgan fingerprint density at radius 3 is 2.50 bits per heavy atom. The van der Waals surface area contributed by atoms with Crippen molar-refractivity contribution in [1.82, 2.24) is 4.98 Å². The highest BCUT2D eigenvalue weighted by molar-refractivity contribution is 5.97. The zero-order chi connectivity index (χ0) is 13.1. The van der Waals surface area contributed by atoms with Crippen LogP contribution in [0.25, 0.3) is 11.5 Å². The van der Waals surface area contributed by atoms with Gasteiger partial charge in [-0.25, -0.2) is 4.79 Å². The average molecular weight is 246 g/mol. The first kappa shape index (κ1) is 11.8. The fourth-order valence-electron chi connectivity index (χ4n) is 1.41. The minimum absolute atomic E-state index is 0.150. The summed E-state index contributed by atoms with van der Waals surface area (Å²) in [7, 11) is 0. The summed E-state index contributed by atoms with van der Waals surface area (Å²) in [6.45, 7) is 1.26. The van der Waals surface area contributed by atoms with E-state index in [0.717, 1.165) is 0 Å². The maximum atomic E-state index is 11.0. The molecule has 1 heterocycles.